The van der Waals surface area contributed by atoms with Gasteiger partial charge >= 0.3 is 11.9 Å². The lowest BCUT2D eigenvalue weighted by molar-refractivity contribution is -0.147. The summed E-state index contributed by atoms with van der Waals surface area (Å²) in [4.78, 5) is 22.0. The number of aliphatic hydroxyl groups is 6. The van der Waals surface area contributed by atoms with Crippen molar-refractivity contribution in [2.24, 2.45) is 23.7 Å². The summed E-state index contributed by atoms with van der Waals surface area (Å²) in [6.45, 7) is 3.68. The molecule has 2 aromatic carbocycles. The number of carbonyl (C=O) groups is 2. The highest BCUT2D eigenvalue weighted by Crippen LogP contribution is 2.37. The number of carboxylic acid groups (broad SMARTS) is 1. The Balaban J connectivity index is 0.000000317. The minimum atomic E-state index is -0.793. The van der Waals surface area contributed by atoms with E-state index in [1.807, 2.05) is 111 Å². The van der Waals surface area contributed by atoms with Gasteiger partial charge in [0.15, 0.2) is 0 Å². The van der Waals surface area contributed by atoms with Crippen LogP contribution in [-0.4, -0.2) is 90.4 Å². The molecular weight excluding hydrogens is 749 g/mol. The zero-order chi connectivity index (χ0) is 43.0. The molecule has 0 aliphatic heterocycles. The molecule has 0 saturated heterocycles. The second-order valence-corrected chi connectivity index (χ2v) is 16.3. The van der Waals surface area contributed by atoms with E-state index in [-0.39, 0.29) is 42.2 Å². The van der Waals surface area contributed by atoms with Gasteiger partial charge < -0.3 is 40.5 Å². The Morgan fingerprint density at radius 2 is 1.07 bits per heavy atom. The number of ether oxygens (including phenoxy) is 1. The second-order valence-electron chi connectivity index (χ2n) is 16.3. The molecule has 2 saturated carbocycles. The molecule has 2 fully saturated rings. The Kier molecular flexibility index (Phi) is 23.3. The lowest BCUT2D eigenvalue weighted by atomic mass is 9.89. The van der Waals surface area contributed by atoms with Crippen LogP contribution in [0.3, 0.4) is 0 Å². The number of benzene rings is 2. The van der Waals surface area contributed by atoms with Crippen LogP contribution < -0.4 is 0 Å². The minimum Gasteiger partial charge on any atom is -0.481 e. The maximum atomic E-state index is 11.5. The van der Waals surface area contributed by atoms with Gasteiger partial charge in [0, 0.05) is 37.5 Å². The SMILES string of the molecule is CC(C)OC(=O)CCC/C=C\C[C@@H]1[C@@H](/C=C/[C@@H](O)CCc2ccccc2)[C@H](O)C[C@@H]1O.O=C(O)CCC/C=C\C[C@@H]1[C@@H](/C=C/[C@@H](O)CCc2ccccc2)[C@H](O)C[C@@H]1O. The van der Waals surface area contributed by atoms with Crippen LogP contribution in [-0.2, 0) is 27.2 Å². The molecule has 0 aromatic heterocycles. The van der Waals surface area contributed by atoms with Crippen LogP contribution in [0, 0.1) is 23.7 Å². The van der Waals surface area contributed by atoms with Crippen LogP contribution in [0.2, 0.25) is 0 Å². The molecule has 0 bridgehead atoms. The molecular formula is C49H70O10. The molecule has 10 nitrogen and oxygen atoms in total. The zero-order valence-electron chi connectivity index (χ0n) is 35.0. The van der Waals surface area contributed by atoms with Crippen molar-refractivity contribution in [3.05, 3.63) is 120 Å². The number of aryl methyl sites for hydroxylation is 2. The fraction of sp³-hybridized carbons (Fsp3) is 0.551. The molecule has 0 amide bonds. The molecule has 2 aliphatic rings. The summed E-state index contributed by atoms with van der Waals surface area (Å²) in [6, 6.07) is 20.0. The molecule has 10 heteroatoms. The van der Waals surface area contributed by atoms with Crippen molar-refractivity contribution in [1.29, 1.82) is 0 Å². The number of unbranched alkanes of at least 4 members (excludes halogenated alkanes) is 2. The first-order valence-electron chi connectivity index (χ1n) is 21.6. The summed E-state index contributed by atoms with van der Waals surface area (Å²) < 4.78 is 5.11. The van der Waals surface area contributed by atoms with E-state index in [0.717, 1.165) is 25.7 Å². The van der Waals surface area contributed by atoms with E-state index in [1.54, 1.807) is 12.2 Å². The highest BCUT2D eigenvalue weighted by Gasteiger charge is 2.40. The summed E-state index contributed by atoms with van der Waals surface area (Å²) in [7, 11) is 0. The van der Waals surface area contributed by atoms with Gasteiger partial charge in [-0.05, 0) is 101 Å². The first kappa shape index (κ1) is 49.5. The number of aliphatic carboxylic acids is 1. The van der Waals surface area contributed by atoms with Gasteiger partial charge in [-0.1, -0.05) is 109 Å². The van der Waals surface area contributed by atoms with E-state index in [4.69, 9.17) is 9.84 Å². The van der Waals surface area contributed by atoms with Crippen molar-refractivity contribution in [2.45, 2.75) is 146 Å². The van der Waals surface area contributed by atoms with E-state index in [0.29, 0.717) is 57.8 Å². The van der Waals surface area contributed by atoms with Crippen LogP contribution in [0.25, 0.3) is 0 Å². The van der Waals surface area contributed by atoms with Gasteiger partial charge in [0.2, 0.25) is 0 Å². The fourth-order valence-electron chi connectivity index (χ4n) is 7.84. The normalized spacial score (nSPS) is 25.6. The second kappa shape index (κ2) is 27.8. The highest BCUT2D eigenvalue weighted by molar-refractivity contribution is 5.69. The number of esters is 1. The zero-order valence-corrected chi connectivity index (χ0v) is 35.0. The molecule has 10 atom stereocenters. The van der Waals surface area contributed by atoms with E-state index in [1.165, 1.54) is 11.1 Å². The van der Waals surface area contributed by atoms with E-state index < -0.39 is 42.6 Å². The number of rotatable bonds is 23. The highest BCUT2D eigenvalue weighted by atomic mass is 16.5. The third-order valence-corrected chi connectivity index (χ3v) is 11.1. The summed E-state index contributed by atoms with van der Waals surface area (Å²) in [5.74, 6) is -1.50. The van der Waals surface area contributed by atoms with E-state index in [9.17, 15) is 40.2 Å². The molecule has 0 unspecified atom stereocenters. The topological polar surface area (TPSA) is 185 Å². The average molecular weight is 819 g/mol. The van der Waals surface area contributed by atoms with E-state index >= 15 is 0 Å². The number of aliphatic hydroxyl groups excluding tert-OH is 6. The largest absolute Gasteiger partial charge is 0.481 e. The van der Waals surface area contributed by atoms with E-state index in [2.05, 4.69) is 0 Å². The average Bonchev–Trinajstić information content (AvgIpc) is 3.64. The molecule has 0 radical (unpaired) electrons. The number of hydrogen-bond acceptors (Lipinski definition) is 9. The van der Waals surface area contributed by atoms with Crippen molar-refractivity contribution in [3.8, 4) is 0 Å². The molecule has 0 heterocycles. The van der Waals surface area contributed by atoms with Crippen molar-refractivity contribution in [2.75, 3.05) is 0 Å². The summed E-state index contributed by atoms with van der Waals surface area (Å²) in [5, 5.41) is 70.4. The lowest BCUT2D eigenvalue weighted by Gasteiger charge is -2.19. The maximum absolute atomic E-state index is 11.5. The van der Waals surface area contributed by atoms with Crippen LogP contribution in [0.4, 0.5) is 0 Å². The third kappa shape index (κ3) is 19.8. The molecule has 2 aromatic rings. The molecule has 326 valence electrons. The number of hydrogen-bond donors (Lipinski definition) is 7. The van der Waals surface area contributed by atoms with Crippen LogP contribution in [0.1, 0.15) is 102 Å². The van der Waals surface area contributed by atoms with Crippen LogP contribution in [0.5, 0.6) is 0 Å². The Hall–Kier alpha value is -3.90. The Bertz CT molecular complexity index is 1570. The Morgan fingerprint density at radius 3 is 1.47 bits per heavy atom. The predicted octanol–water partition coefficient (Wildman–Crippen LogP) is 7.06. The number of carbonyl (C=O) groups excluding carboxylic acids is 1. The van der Waals surface area contributed by atoms with Gasteiger partial charge in [-0.3, -0.25) is 9.59 Å². The summed E-state index contributed by atoms with van der Waals surface area (Å²) in [5.41, 5.74) is 2.36. The van der Waals surface area contributed by atoms with Crippen LogP contribution >= 0.6 is 0 Å². The fourth-order valence-corrected chi connectivity index (χ4v) is 7.84. The standard InChI is InChI=1S/C26H38O5.C23H32O5/c1-19(2)31-26(30)13-9-4-3-8-12-22-23(25(29)18-24(22)28)17-16-21(27)15-14-20-10-6-5-7-11-20;24-18(13-12-17-8-4-3-5-9-17)14-15-20-19(21(25)16-22(20)26)10-6-1-2-7-11-23(27)28/h3,5-8,10-11,16-17,19,21-25,27-29H,4,9,12-15,18H2,1-2H3;1,3-6,8-9,14-15,18-22,24-26H,2,7,10-13,16H2,(H,27,28)/b8-3-,17-16+;6-1-,15-14+/t21-,22+,23+,24-,25+;18-,19+,20+,21-,22+/m00/s1. The van der Waals surface area contributed by atoms with Crippen molar-refractivity contribution < 1.29 is 50.1 Å². The third-order valence-electron chi connectivity index (χ3n) is 11.1. The van der Waals surface area contributed by atoms with Gasteiger partial charge in [-0.15, -0.1) is 0 Å². The Labute approximate surface area is 351 Å². The molecule has 0 spiro atoms. The smallest absolute Gasteiger partial charge is 0.306 e. The number of carboxylic acids is 1. The van der Waals surface area contributed by atoms with Gasteiger partial charge in [-0.25, -0.2) is 0 Å². The van der Waals surface area contributed by atoms with Gasteiger partial charge in [0.1, 0.15) is 0 Å². The molecule has 59 heavy (non-hydrogen) atoms. The minimum absolute atomic E-state index is 0.0743. The summed E-state index contributed by atoms with van der Waals surface area (Å²) >= 11 is 0. The van der Waals surface area contributed by atoms with Crippen molar-refractivity contribution >= 4 is 11.9 Å². The van der Waals surface area contributed by atoms with Gasteiger partial charge in [0.25, 0.3) is 0 Å². The van der Waals surface area contributed by atoms with Crippen molar-refractivity contribution in [1.82, 2.24) is 0 Å². The monoisotopic (exact) mass is 818 g/mol. The Morgan fingerprint density at radius 1 is 0.644 bits per heavy atom. The lowest BCUT2D eigenvalue weighted by Crippen LogP contribution is -2.20. The van der Waals surface area contributed by atoms with Crippen LogP contribution in [0.15, 0.2) is 109 Å². The summed E-state index contributed by atoms with van der Waals surface area (Å²) in [6.07, 6.45) is 19.7. The van der Waals surface area contributed by atoms with Gasteiger partial charge in [-0.2, -0.15) is 0 Å². The molecule has 4 rings (SSSR count). The predicted molar refractivity (Wildman–Crippen MR) is 231 cm³/mol. The number of allylic oxidation sites excluding steroid dienone is 4. The first-order valence-corrected chi connectivity index (χ1v) is 21.6. The van der Waals surface area contributed by atoms with Gasteiger partial charge in [0.05, 0.1) is 42.7 Å². The molecule has 2 aliphatic carbocycles. The maximum Gasteiger partial charge on any atom is 0.306 e. The molecule has 7 N–H and O–H groups in total. The quantitative estimate of drug-likeness (QED) is 0.0348. The first-order chi connectivity index (χ1) is 28.3. The van der Waals surface area contributed by atoms with Crippen molar-refractivity contribution in [3.63, 3.8) is 0 Å².